The van der Waals surface area contributed by atoms with Gasteiger partial charge in [0.05, 0.1) is 43.4 Å². The SMILES string of the molecule is CCOC(=O)c1ccc(NC(=O)COC(=O)[C@@H](Cc2ccccc2)N2C(=O)c3c(Cl)c(Cl)c(Cl)c(Cl)c3C2=O)cc1. The number of esters is 2. The molecule has 1 heterocycles. The van der Waals surface area contributed by atoms with Gasteiger partial charge >= 0.3 is 11.9 Å². The van der Waals surface area contributed by atoms with Crippen LogP contribution in [0.3, 0.4) is 0 Å². The average molecular weight is 638 g/mol. The second-order valence-electron chi connectivity index (χ2n) is 8.65. The zero-order valence-electron chi connectivity index (χ0n) is 21.2. The Morgan fingerprint density at radius 3 is 1.90 bits per heavy atom. The number of amides is 3. The number of halogens is 4. The Bertz CT molecular complexity index is 1500. The monoisotopic (exact) mass is 636 g/mol. The molecule has 4 rings (SSSR count). The highest BCUT2D eigenvalue weighted by Crippen LogP contribution is 2.45. The number of carbonyl (C=O) groups is 5. The molecule has 3 aromatic carbocycles. The molecule has 3 aromatic rings. The number of nitrogens with one attached hydrogen (secondary N) is 1. The molecule has 212 valence electrons. The van der Waals surface area contributed by atoms with E-state index in [9.17, 15) is 24.0 Å². The zero-order chi connectivity index (χ0) is 29.8. The van der Waals surface area contributed by atoms with E-state index in [1.54, 1.807) is 37.3 Å². The molecule has 3 amide bonds. The highest BCUT2D eigenvalue weighted by molar-refractivity contribution is 6.55. The van der Waals surface area contributed by atoms with Crippen LogP contribution in [0.2, 0.25) is 20.1 Å². The van der Waals surface area contributed by atoms with Gasteiger partial charge in [0.25, 0.3) is 17.7 Å². The van der Waals surface area contributed by atoms with E-state index in [0.717, 1.165) is 0 Å². The van der Waals surface area contributed by atoms with E-state index in [2.05, 4.69) is 5.32 Å². The van der Waals surface area contributed by atoms with E-state index < -0.39 is 42.3 Å². The molecular weight excluding hydrogens is 618 g/mol. The Balaban J connectivity index is 1.53. The van der Waals surface area contributed by atoms with Crippen molar-refractivity contribution in [2.75, 3.05) is 18.5 Å². The largest absolute Gasteiger partial charge is 0.462 e. The lowest BCUT2D eigenvalue weighted by Crippen LogP contribution is -2.47. The first-order valence-corrected chi connectivity index (χ1v) is 13.6. The molecule has 0 bridgehead atoms. The number of anilines is 1. The van der Waals surface area contributed by atoms with E-state index in [0.29, 0.717) is 21.7 Å². The van der Waals surface area contributed by atoms with Crippen LogP contribution in [0.15, 0.2) is 54.6 Å². The first-order valence-electron chi connectivity index (χ1n) is 12.1. The lowest BCUT2D eigenvalue weighted by Gasteiger charge is -2.24. The highest BCUT2D eigenvalue weighted by Gasteiger charge is 2.47. The van der Waals surface area contributed by atoms with Gasteiger partial charge in [-0.3, -0.25) is 19.3 Å². The summed E-state index contributed by atoms with van der Waals surface area (Å²) in [5, 5.41) is 1.54. The van der Waals surface area contributed by atoms with Gasteiger partial charge < -0.3 is 14.8 Å². The number of nitrogens with zero attached hydrogens (tertiary/aromatic N) is 1. The topological polar surface area (TPSA) is 119 Å². The number of carbonyl (C=O) groups excluding carboxylic acids is 5. The molecule has 0 fully saturated rings. The van der Waals surface area contributed by atoms with E-state index in [1.807, 2.05) is 0 Å². The molecule has 0 unspecified atom stereocenters. The quantitative estimate of drug-likeness (QED) is 0.135. The van der Waals surface area contributed by atoms with Crippen LogP contribution in [-0.4, -0.2) is 53.8 Å². The zero-order valence-corrected chi connectivity index (χ0v) is 24.2. The minimum atomic E-state index is -1.48. The minimum absolute atomic E-state index is 0.126. The number of ether oxygens (including phenoxy) is 2. The predicted octanol–water partition coefficient (Wildman–Crippen LogP) is 5.87. The summed E-state index contributed by atoms with van der Waals surface area (Å²) in [5.41, 5.74) is 0.657. The summed E-state index contributed by atoms with van der Waals surface area (Å²) in [5.74, 6) is -4.07. The van der Waals surface area contributed by atoms with Crippen molar-refractivity contribution in [3.05, 3.63) is 96.9 Å². The Labute approximate surface area is 254 Å². The molecule has 9 nitrogen and oxygen atoms in total. The van der Waals surface area contributed by atoms with Crippen molar-refractivity contribution in [3.63, 3.8) is 0 Å². The molecule has 1 aliphatic heterocycles. The maximum absolute atomic E-state index is 13.4. The van der Waals surface area contributed by atoms with Gasteiger partial charge in [-0.1, -0.05) is 76.7 Å². The number of hydrogen-bond donors (Lipinski definition) is 1. The van der Waals surface area contributed by atoms with Crippen LogP contribution in [-0.2, 0) is 25.5 Å². The van der Waals surface area contributed by atoms with Gasteiger partial charge in [-0.15, -0.1) is 0 Å². The van der Waals surface area contributed by atoms with Crippen LogP contribution in [0.25, 0.3) is 0 Å². The lowest BCUT2D eigenvalue weighted by atomic mass is 10.0. The van der Waals surface area contributed by atoms with Crippen LogP contribution in [0.5, 0.6) is 0 Å². The van der Waals surface area contributed by atoms with Gasteiger partial charge in [-0.2, -0.15) is 0 Å². The van der Waals surface area contributed by atoms with E-state index in [-0.39, 0.29) is 44.2 Å². The number of hydrogen-bond acceptors (Lipinski definition) is 7. The highest BCUT2D eigenvalue weighted by atomic mass is 35.5. The maximum atomic E-state index is 13.4. The molecule has 0 radical (unpaired) electrons. The summed E-state index contributed by atoms with van der Waals surface area (Å²) in [6, 6.07) is 13.0. The molecule has 0 spiro atoms. The predicted molar refractivity (Wildman–Crippen MR) is 153 cm³/mol. The van der Waals surface area contributed by atoms with E-state index >= 15 is 0 Å². The number of benzene rings is 3. The molecule has 1 atom stereocenters. The van der Waals surface area contributed by atoms with Crippen LogP contribution in [0.4, 0.5) is 5.69 Å². The van der Waals surface area contributed by atoms with Crippen molar-refractivity contribution in [2.24, 2.45) is 0 Å². The summed E-state index contributed by atoms with van der Waals surface area (Å²) in [4.78, 5) is 65.1. The molecule has 0 aromatic heterocycles. The lowest BCUT2D eigenvalue weighted by molar-refractivity contribution is -0.151. The Morgan fingerprint density at radius 1 is 0.805 bits per heavy atom. The minimum Gasteiger partial charge on any atom is -0.462 e. The molecule has 1 aliphatic rings. The molecule has 1 N–H and O–H groups in total. The molecule has 0 aliphatic carbocycles. The number of fused-ring (bicyclic) bond motifs is 1. The molecule has 0 saturated heterocycles. The summed E-state index contributed by atoms with van der Waals surface area (Å²) >= 11 is 24.7. The average Bonchev–Trinajstić information content (AvgIpc) is 3.23. The number of rotatable bonds is 9. The normalized spacial score (nSPS) is 13.0. The third-order valence-electron chi connectivity index (χ3n) is 6.01. The molecule has 41 heavy (non-hydrogen) atoms. The van der Waals surface area contributed by atoms with Crippen LogP contribution < -0.4 is 5.32 Å². The van der Waals surface area contributed by atoms with Crippen molar-refractivity contribution < 1.29 is 33.4 Å². The van der Waals surface area contributed by atoms with Gasteiger partial charge in [0.1, 0.15) is 6.04 Å². The van der Waals surface area contributed by atoms with Crippen molar-refractivity contribution in [1.82, 2.24) is 4.90 Å². The molecule has 13 heteroatoms. The Morgan fingerprint density at radius 2 is 1.37 bits per heavy atom. The summed E-state index contributed by atoms with van der Waals surface area (Å²) in [6.45, 7) is 1.17. The van der Waals surface area contributed by atoms with Gasteiger partial charge in [-0.05, 0) is 36.8 Å². The van der Waals surface area contributed by atoms with E-state index in [1.165, 1.54) is 24.3 Å². The maximum Gasteiger partial charge on any atom is 0.338 e. The first kappa shape index (κ1) is 30.3. The van der Waals surface area contributed by atoms with Gasteiger partial charge in [0.15, 0.2) is 6.61 Å². The fraction of sp³-hybridized carbons (Fsp3) is 0.179. The van der Waals surface area contributed by atoms with Gasteiger partial charge in [-0.25, -0.2) is 9.59 Å². The molecular formula is C28H20Cl4N2O7. The van der Waals surface area contributed by atoms with Crippen molar-refractivity contribution in [3.8, 4) is 0 Å². The van der Waals surface area contributed by atoms with E-state index in [4.69, 9.17) is 55.9 Å². The van der Waals surface area contributed by atoms with Crippen LogP contribution >= 0.6 is 46.4 Å². The summed E-state index contributed by atoms with van der Waals surface area (Å²) in [7, 11) is 0. The third-order valence-corrected chi connectivity index (χ3v) is 7.82. The second kappa shape index (κ2) is 12.9. The number of imide groups is 1. The van der Waals surface area contributed by atoms with Gasteiger partial charge in [0, 0.05) is 12.1 Å². The Hall–Kier alpha value is -3.63. The summed E-state index contributed by atoms with van der Waals surface area (Å²) < 4.78 is 10.1. The smallest absolute Gasteiger partial charge is 0.338 e. The van der Waals surface area contributed by atoms with Gasteiger partial charge in [0.2, 0.25) is 0 Å². The van der Waals surface area contributed by atoms with Crippen molar-refractivity contribution >= 4 is 81.8 Å². The third kappa shape index (κ3) is 6.33. The molecule has 0 saturated carbocycles. The van der Waals surface area contributed by atoms with Crippen LogP contribution in [0, 0.1) is 0 Å². The fourth-order valence-corrected chi connectivity index (χ4v) is 5.12. The Kier molecular flexibility index (Phi) is 9.55. The standard InChI is InChI=1S/C28H20Cl4N2O7/c1-2-40-27(38)15-8-10-16(11-9-15)33-18(35)13-41-28(39)17(12-14-6-4-3-5-7-14)34-25(36)19-20(26(34)37)22(30)24(32)23(31)21(19)29/h3-11,17H,2,12-13H2,1H3,(H,33,35)/t17-/m1/s1. The van der Waals surface area contributed by atoms with Crippen molar-refractivity contribution in [2.45, 2.75) is 19.4 Å². The second-order valence-corrected chi connectivity index (χ2v) is 10.2. The first-order chi connectivity index (χ1) is 19.5. The fourth-order valence-electron chi connectivity index (χ4n) is 4.10. The van der Waals surface area contributed by atoms with Crippen molar-refractivity contribution in [1.29, 1.82) is 0 Å². The summed E-state index contributed by atoms with van der Waals surface area (Å²) in [6.07, 6.45) is -0.126. The van der Waals surface area contributed by atoms with Crippen LogP contribution in [0.1, 0.15) is 43.6 Å².